The van der Waals surface area contributed by atoms with Gasteiger partial charge in [0.2, 0.25) is 0 Å². The normalized spacial score (nSPS) is 17.2. The number of hydrogen-bond donors (Lipinski definition) is 0. The van der Waals surface area contributed by atoms with Crippen LogP contribution in [0.5, 0.6) is 0 Å². The van der Waals surface area contributed by atoms with Crippen molar-refractivity contribution in [1.29, 1.82) is 0 Å². The summed E-state index contributed by atoms with van der Waals surface area (Å²) in [5.74, 6) is -0.897. The molecule has 102 valence electrons. The highest BCUT2D eigenvalue weighted by molar-refractivity contribution is 6.03. The third-order valence-electron chi connectivity index (χ3n) is 3.67. The quantitative estimate of drug-likeness (QED) is 0.750. The maximum absolute atomic E-state index is 12.9. The average Bonchev–Trinajstić information content (AvgIpc) is 2.39. The molecule has 1 nitrogen and oxygen atoms in total. The molecule has 1 atom stereocenters. The van der Waals surface area contributed by atoms with Crippen molar-refractivity contribution in [2.45, 2.75) is 18.5 Å². The molecule has 1 unspecified atom stereocenters. The van der Waals surface area contributed by atoms with Gasteiger partial charge in [-0.25, -0.2) is 0 Å². The molecule has 0 bridgehead atoms. The Morgan fingerprint density at radius 3 is 2.35 bits per heavy atom. The number of carbonyl (C=O) groups is 1. The van der Waals surface area contributed by atoms with Gasteiger partial charge in [0, 0.05) is 5.56 Å². The van der Waals surface area contributed by atoms with Gasteiger partial charge in [0.25, 0.3) is 0 Å². The van der Waals surface area contributed by atoms with Gasteiger partial charge in [-0.05, 0) is 23.6 Å². The van der Waals surface area contributed by atoms with E-state index >= 15 is 0 Å². The van der Waals surface area contributed by atoms with Crippen LogP contribution >= 0.6 is 0 Å². The number of carbonyl (C=O) groups excluding carboxylic acids is 1. The van der Waals surface area contributed by atoms with Crippen LogP contribution in [-0.2, 0) is 12.6 Å². The van der Waals surface area contributed by atoms with Crippen LogP contribution in [0.4, 0.5) is 13.2 Å². The van der Waals surface area contributed by atoms with Crippen LogP contribution in [0, 0.1) is 0 Å². The van der Waals surface area contributed by atoms with Crippen molar-refractivity contribution in [3.63, 3.8) is 0 Å². The summed E-state index contributed by atoms with van der Waals surface area (Å²) in [6, 6.07) is 12.3. The lowest BCUT2D eigenvalue weighted by Crippen LogP contribution is -2.27. The smallest absolute Gasteiger partial charge is 0.293 e. The Morgan fingerprint density at radius 2 is 1.65 bits per heavy atom. The van der Waals surface area contributed by atoms with Gasteiger partial charge in [-0.1, -0.05) is 42.5 Å². The highest BCUT2D eigenvalue weighted by atomic mass is 19.4. The van der Waals surface area contributed by atoms with Crippen LogP contribution in [0.25, 0.3) is 0 Å². The first-order valence-electron chi connectivity index (χ1n) is 6.26. The Morgan fingerprint density at radius 1 is 1.00 bits per heavy atom. The van der Waals surface area contributed by atoms with E-state index < -0.39 is 23.4 Å². The summed E-state index contributed by atoms with van der Waals surface area (Å²) in [6.07, 6.45) is -3.99. The lowest BCUT2D eigenvalue weighted by molar-refractivity contribution is -0.137. The summed E-state index contributed by atoms with van der Waals surface area (Å²) in [5.41, 5.74) is 0.790. The SMILES string of the molecule is O=C(c1ccccc1C(F)(F)F)C1Cc2ccccc21. The molecule has 1 aliphatic rings. The molecule has 0 spiro atoms. The van der Waals surface area contributed by atoms with E-state index in [2.05, 4.69) is 0 Å². The summed E-state index contributed by atoms with van der Waals surface area (Å²) in [7, 11) is 0. The third-order valence-corrected chi connectivity index (χ3v) is 3.67. The lowest BCUT2D eigenvalue weighted by atomic mass is 9.73. The molecule has 0 aromatic heterocycles. The molecule has 1 aliphatic carbocycles. The van der Waals surface area contributed by atoms with Crippen molar-refractivity contribution in [2.24, 2.45) is 0 Å². The fourth-order valence-corrected chi connectivity index (χ4v) is 2.63. The molecule has 0 saturated heterocycles. The van der Waals surface area contributed by atoms with Crippen LogP contribution in [0.15, 0.2) is 48.5 Å². The van der Waals surface area contributed by atoms with Gasteiger partial charge >= 0.3 is 6.18 Å². The standard InChI is InChI=1S/C16H11F3O/c17-16(18,19)14-8-4-3-7-12(14)15(20)13-9-10-5-1-2-6-11(10)13/h1-8,13H,9H2. The minimum absolute atomic E-state index is 0.237. The average molecular weight is 276 g/mol. The van der Waals surface area contributed by atoms with E-state index in [0.29, 0.717) is 6.42 Å². The third kappa shape index (κ3) is 2.01. The van der Waals surface area contributed by atoms with E-state index in [4.69, 9.17) is 0 Å². The minimum atomic E-state index is -4.50. The van der Waals surface area contributed by atoms with Crippen LogP contribution in [-0.4, -0.2) is 5.78 Å². The Kier molecular flexibility index (Phi) is 2.89. The molecular formula is C16H11F3O. The summed E-state index contributed by atoms with van der Waals surface area (Å²) >= 11 is 0. The molecule has 2 aromatic rings. The molecule has 0 amide bonds. The number of Topliss-reactive ketones (excluding diaryl/α,β-unsaturated/α-hetero) is 1. The predicted octanol–water partition coefficient (Wildman–Crippen LogP) is 4.23. The fraction of sp³-hybridized carbons (Fsp3) is 0.188. The summed E-state index contributed by atoms with van der Waals surface area (Å²) in [4.78, 5) is 12.4. The molecule has 3 rings (SSSR count). The van der Waals surface area contributed by atoms with Gasteiger partial charge in [0.1, 0.15) is 0 Å². The zero-order valence-electron chi connectivity index (χ0n) is 10.4. The van der Waals surface area contributed by atoms with Crippen molar-refractivity contribution in [3.8, 4) is 0 Å². The van der Waals surface area contributed by atoms with Gasteiger partial charge in [0.05, 0.1) is 11.5 Å². The predicted molar refractivity (Wildman–Crippen MR) is 68.7 cm³/mol. The van der Waals surface area contributed by atoms with Crippen LogP contribution in [0.3, 0.4) is 0 Å². The second-order valence-corrected chi connectivity index (χ2v) is 4.86. The Hall–Kier alpha value is -2.10. The maximum atomic E-state index is 12.9. The number of alkyl halides is 3. The lowest BCUT2D eigenvalue weighted by Gasteiger charge is -2.29. The largest absolute Gasteiger partial charge is 0.417 e. The van der Waals surface area contributed by atoms with Crippen LogP contribution < -0.4 is 0 Å². The van der Waals surface area contributed by atoms with Gasteiger partial charge in [-0.15, -0.1) is 0 Å². The number of ketones is 1. The van der Waals surface area contributed by atoms with E-state index in [1.807, 2.05) is 12.1 Å². The molecule has 0 heterocycles. The number of hydrogen-bond acceptors (Lipinski definition) is 1. The Labute approximate surface area is 114 Å². The molecule has 4 heteroatoms. The van der Waals surface area contributed by atoms with E-state index in [1.54, 1.807) is 12.1 Å². The topological polar surface area (TPSA) is 17.1 Å². The van der Waals surface area contributed by atoms with E-state index in [-0.39, 0.29) is 5.56 Å². The van der Waals surface area contributed by atoms with E-state index in [1.165, 1.54) is 18.2 Å². The molecule has 20 heavy (non-hydrogen) atoms. The molecule has 0 aliphatic heterocycles. The Balaban J connectivity index is 1.98. The van der Waals surface area contributed by atoms with Crippen molar-refractivity contribution >= 4 is 5.78 Å². The monoisotopic (exact) mass is 276 g/mol. The zero-order valence-corrected chi connectivity index (χ0v) is 10.4. The molecule has 0 saturated carbocycles. The molecule has 0 fully saturated rings. The van der Waals surface area contributed by atoms with Gasteiger partial charge in [0.15, 0.2) is 5.78 Å². The fourth-order valence-electron chi connectivity index (χ4n) is 2.63. The van der Waals surface area contributed by atoms with Gasteiger partial charge in [-0.2, -0.15) is 13.2 Å². The van der Waals surface area contributed by atoms with Crippen molar-refractivity contribution < 1.29 is 18.0 Å². The summed E-state index contributed by atoms with van der Waals surface area (Å²) < 4.78 is 38.8. The Bertz CT molecular complexity index is 673. The number of halogens is 3. The summed E-state index contributed by atoms with van der Waals surface area (Å²) in [5, 5.41) is 0. The van der Waals surface area contributed by atoms with E-state index in [0.717, 1.165) is 17.2 Å². The highest BCUT2D eigenvalue weighted by Crippen LogP contribution is 2.40. The van der Waals surface area contributed by atoms with Crippen LogP contribution in [0.2, 0.25) is 0 Å². The summed E-state index contributed by atoms with van der Waals surface area (Å²) in [6.45, 7) is 0. The maximum Gasteiger partial charge on any atom is 0.417 e. The second-order valence-electron chi connectivity index (χ2n) is 4.86. The van der Waals surface area contributed by atoms with Crippen molar-refractivity contribution in [1.82, 2.24) is 0 Å². The first-order valence-corrected chi connectivity index (χ1v) is 6.26. The van der Waals surface area contributed by atoms with E-state index in [9.17, 15) is 18.0 Å². The zero-order chi connectivity index (χ0) is 14.3. The molecule has 0 N–H and O–H groups in total. The molecular weight excluding hydrogens is 265 g/mol. The second kappa shape index (κ2) is 4.47. The molecule has 0 radical (unpaired) electrons. The first kappa shape index (κ1) is 12.9. The first-order chi connectivity index (χ1) is 9.48. The minimum Gasteiger partial charge on any atom is -0.293 e. The molecule has 2 aromatic carbocycles. The van der Waals surface area contributed by atoms with Crippen molar-refractivity contribution in [2.75, 3.05) is 0 Å². The van der Waals surface area contributed by atoms with Crippen LogP contribution in [0.1, 0.15) is 33.0 Å². The van der Waals surface area contributed by atoms with Crippen molar-refractivity contribution in [3.05, 3.63) is 70.8 Å². The van der Waals surface area contributed by atoms with Gasteiger partial charge in [-0.3, -0.25) is 4.79 Å². The highest BCUT2D eigenvalue weighted by Gasteiger charge is 2.39. The van der Waals surface area contributed by atoms with Gasteiger partial charge < -0.3 is 0 Å². The number of rotatable bonds is 2. The number of benzene rings is 2. The number of fused-ring (bicyclic) bond motifs is 1.